The van der Waals surface area contributed by atoms with Gasteiger partial charge in [0.2, 0.25) is 0 Å². The summed E-state index contributed by atoms with van der Waals surface area (Å²) < 4.78 is 7.91. The van der Waals surface area contributed by atoms with Crippen LogP contribution in [-0.4, -0.2) is 21.3 Å². The summed E-state index contributed by atoms with van der Waals surface area (Å²) in [5.41, 5.74) is 1.20. The molecule has 0 aliphatic heterocycles. The second-order valence-electron chi connectivity index (χ2n) is 5.30. The fourth-order valence-corrected chi connectivity index (χ4v) is 2.33. The molecule has 21 heavy (non-hydrogen) atoms. The molecule has 0 saturated heterocycles. The summed E-state index contributed by atoms with van der Waals surface area (Å²) in [4.78, 5) is 4.53. The number of hydrogen-bond acceptors (Lipinski definition) is 4. The topological polar surface area (TPSA) is 55.9 Å². The molecule has 2 heterocycles. The predicted octanol–water partition coefficient (Wildman–Crippen LogP) is 2.85. The third-order valence-electron chi connectivity index (χ3n) is 3.51. The Balaban J connectivity index is 2.09. The predicted molar refractivity (Wildman–Crippen MR) is 83.3 cm³/mol. The van der Waals surface area contributed by atoms with E-state index >= 15 is 0 Å². The number of furan rings is 1. The van der Waals surface area contributed by atoms with E-state index in [4.69, 9.17) is 4.42 Å². The van der Waals surface area contributed by atoms with E-state index in [0.29, 0.717) is 6.54 Å². The van der Waals surface area contributed by atoms with Crippen molar-refractivity contribution in [1.29, 1.82) is 0 Å². The summed E-state index contributed by atoms with van der Waals surface area (Å²) in [5.74, 6) is 3.89. The Labute approximate surface area is 126 Å². The lowest BCUT2D eigenvalue weighted by atomic mass is 10.2. The molecular formula is C16H26N4O. The molecule has 0 aliphatic rings. The lowest BCUT2D eigenvalue weighted by Gasteiger charge is -2.02. The van der Waals surface area contributed by atoms with Gasteiger partial charge < -0.3 is 9.73 Å². The van der Waals surface area contributed by atoms with E-state index in [1.165, 1.54) is 5.56 Å². The van der Waals surface area contributed by atoms with Crippen LogP contribution in [0.4, 0.5) is 0 Å². The largest absolute Gasteiger partial charge is 0.462 e. The molecule has 2 aromatic heterocycles. The molecule has 0 aliphatic carbocycles. The average molecular weight is 290 g/mol. The van der Waals surface area contributed by atoms with Crippen LogP contribution >= 0.6 is 0 Å². The van der Waals surface area contributed by atoms with Gasteiger partial charge in [-0.15, -0.1) is 0 Å². The summed E-state index contributed by atoms with van der Waals surface area (Å²) in [6.07, 6.45) is 2.88. The monoisotopic (exact) mass is 290 g/mol. The Morgan fingerprint density at radius 2 is 2.05 bits per heavy atom. The second-order valence-corrected chi connectivity index (χ2v) is 5.30. The normalized spacial score (nSPS) is 11.2. The lowest BCUT2D eigenvalue weighted by Crippen LogP contribution is -2.13. The van der Waals surface area contributed by atoms with Crippen molar-refractivity contribution in [3.05, 3.63) is 34.8 Å². The van der Waals surface area contributed by atoms with Crippen LogP contribution < -0.4 is 5.32 Å². The van der Waals surface area contributed by atoms with Gasteiger partial charge in [0.25, 0.3) is 0 Å². The highest BCUT2D eigenvalue weighted by molar-refractivity contribution is 5.20. The Kier molecular flexibility index (Phi) is 5.56. The first-order chi connectivity index (χ1) is 10.2. The maximum Gasteiger partial charge on any atom is 0.150 e. The van der Waals surface area contributed by atoms with E-state index in [2.05, 4.69) is 49.2 Å². The van der Waals surface area contributed by atoms with Gasteiger partial charge in [-0.25, -0.2) is 9.67 Å². The standard InChI is InChI=1S/C16H26N4O/c1-5-8-17-10-14-12(4)9-13(21-14)11-20-16(7-3)18-15(6-2)19-20/h9,17H,5-8,10-11H2,1-4H3. The van der Waals surface area contributed by atoms with Gasteiger partial charge in [-0.1, -0.05) is 20.8 Å². The van der Waals surface area contributed by atoms with E-state index in [1.54, 1.807) is 0 Å². The van der Waals surface area contributed by atoms with Crippen LogP contribution in [0.2, 0.25) is 0 Å². The Hall–Kier alpha value is -1.62. The van der Waals surface area contributed by atoms with Gasteiger partial charge in [0.05, 0.1) is 6.54 Å². The summed E-state index contributed by atoms with van der Waals surface area (Å²) in [6, 6.07) is 2.11. The van der Waals surface area contributed by atoms with Crippen molar-refractivity contribution in [2.45, 2.75) is 60.0 Å². The zero-order valence-electron chi connectivity index (χ0n) is 13.6. The van der Waals surface area contributed by atoms with Crippen molar-refractivity contribution in [3.63, 3.8) is 0 Å². The van der Waals surface area contributed by atoms with Crippen LogP contribution in [0.3, 0.4) is 0 Å². The molecule has 0 fully saturated rings. The van der Waals surface area contributed by atoms with Gasteiger partial charge in [-0.2, -0.15) is 5.10 Å². The molecule has 5 heteroatoms. The van der Waals surface area contributed by atoms with E-state index < -0.39 is 0 Å². The maximum atomic E-state index is 5.96. The number of nitrogens with one attached hydrogen (secondary N) is 1. The number of nitrogens with zero attached hydrogens (tertiary/aromatic N) is 3. The fourth-order valence-electron chi connectivity index (χ4n) is 2.33. The highest BCUT2D eigenvalue weighted by Gasteiger charge is 2.12. The molecule has 5 nitrogen and oxygen atoms in total. The molecule has 0 spiro atoms. The van der Waals surface area contributed by atoms with Gasteiger partial charge in [0.1, 0.15) is 23.9 Å². The van der Waals surface area contributed by atoms with Crippen molar-refractivity contribution in [1.82, 2.24) is 20.1 Å². The van der Waals surface area contributed by atoms with E-state index in [1.807, 2.05) is 4.68 Å². The van der Waals surface area contributed by atoms with Gasteiger partial charge in [0, 0.05) is 12.8 Å². The van der Waals surface area contributed by atoms with Crippen LogP contribution in [-0.2, 0) is 25.9 Å². The molecular weight excluding hydrogens is 264 g/mol. The van der Waals surface area contributed by atoms with E-state index in [0.717, 1.165) is 55.5 Å². The SMILES string of the molecule is CCCNCc1oc(Cn2nc(CC)nc2CC)cc1C. The quantitative estimate of drug-likeness (QED) is 0.760. The summed E-state index contributed by atoms with van der Waals surface area (Å²) in [7, 11) is 0. The van der Waals surface area contributed by atoms with Gasteiger partial charge in [-0.05, 0) is 31.5 Å². The van der Waals surface area contributed by atoms with Gasteiger partial charge >= 0.3 is 0 Å². The molecule has 2 rings (SSSR count). The fraction of sp³-hybridized carbons (Fsp3) is 0.625. The Morgan fingerprint density at radius 3 is 2.71 bits per heavy atom. The first-order valence-corrected chi connectivity index (χ1v) is 7.89. The molecule has 1 N–H and O–H groups in total. The second kappa shape index (κ2) is 7.41. The summed E-state index contributed by atoms with van der Waals surface area (Å²) in [6.45, 7) is 10.9. The van der Waals surface area contributed by atoms with E-state index in [9.17, 15) is 0 Å². The first-order valence-electron chi connectivity index (χ1n) is 7.89. The van der Waals surface area contributed by atoms with Gasteiger partial charge in [0.15, 0.2) is 5.82 Å². The first kappa shape index (κ1) is 15.8. The maximum absolute atomic E-state index is 5.96. The third-order valence-corrected chi connectivity index (χ3v) is 3.51. The summed E-state index contributed by atoms with van der Waals surface area (Å²) in [5, 5.41) is 7.92. The Bertz CT molecular complexity index is 571. The molecule has 0 unspecified atom stereocenters. The molecule has 2 aromatic rings. The van der Waals surface area contributed by atoms with Crippen molar-refractivity contribution < 1.29 is 4.42 Å². The van der Waals surface area contributed by atoms with Crippen molar-refractivity contribution >= 4 is 0 Å². The number of hydrogen-bond donors (Lipinski definition) is 1. The minimum atomic E-state index is 0.658. The average Bonchev–Trinajstić information content (AvgIpc) is 3.03. The number of rotatable bonds is 8. The van der Waals surface area contributed by atoms with Crippen molar-refractivity contribution in [2.24, 2.45) is 0 Å². The van der Waals surface area contributed by atoms with Crippen LogP contribution in [0, 0.1) is 6.92 Å². The molecule has 116 valence electrons. The Morgan fingerprint density at radius 1 is 1.24 bits per heavy atom. The van der Waals surface area contributed by atoms with Crippen molar-refractivity contribution in [3.8, 4) is 0 Å². The molecule has 0 radical (unpaired) electrons. The molecule has 0 atom stereocenters. The van der Waals surface area contributed by atoms with Crippen LogP contribution in [0.1, 0.15) is 55.9 Å². The highest BCUT2D eigenvalue weighted by Crippen LogP contribution is 2.16. The van der Waals surface area contributed by atoms with Crippen LogP contribution in [0.15, 0.2) is 10.5 Å². The minimum absolute atomic E-state index is 0.658. The lowest BCUT2D eigenvalue weighted by molar-refractivity contribution is 0.425. The van der Waals surface area contributed by atoms with Crippen LogP contribution in [0.25, 0.3) is 0 Å². The minimum Gasteiger partial charge on any atom is -0.462 e. The van der Waals surface area contributed by atoms with E-state index in [-0.39, 0.29) is 0 Å². The van der Waals surface area contributed by atoms with Crippen molar-refractivity contribution in [2.75, 3.05) is 6.54 Å². The third kappa shape index (κ3) is 3.94. The molecule has 0 amide bonds. The zero-order chi connectivity index (χ0) is 15.2. The van der Waals surface area contributed by atoms with Gasteiger partial charge in [-0.3, -0.25) is 0 Å². The zero-order valence-corrected chi connectivity index (χ0v) is 13.6. The highest BCUT2D eigenvalue weighted by atomic mass is 16.3. The molecule has 0 bridgehead atoms. The molecule has 0 saturated carbocycles. The molecule has 0 aromatic carbocycles. The number of aryl methyl sites for hydroxylation is 3. The van der Waals surface area contributed by atoms with Crippen LogP contribution in [0.5, 0.6) is 0 Å². The smallest absolute Gasteiger partial charge is 0.150 e. The summed E-state index contributed by atoms with van der Waals surface area (Å²) >= 11 is 0. The number of aromatic nitrogens is 3.